The quantitative estimate of drug-likeness (QED) is 0.652. The van der Waals surface area contributed by atoms with E-state index in [1.54, 1.807) is 28.9 Å². The minimum Gasteiger partial charge on any atom is -0.310 e. The number of aryl methyl sites for hydroxylation is 3. The SMILES string of the molecule is Cc1ccc(-n2nc(C)c3c2NC(=O)C[C@@H]3C(=O)c2cccc(Cl)c2)cc1C. The van der Waals surface area contributed by atoms with E-state index in [2.05, 4.69) is 10.4 Å². The standard InChI is InChI=1S/C22H20ClN3O2/c1-12-7-8-17(9-13(12)2)26-22-20(14(3)25-26)18(11-19(27)24-22)21(28)15-5-4-6-16(23)10-15/h4-10,18H,11H2,1-3H3,(H,24,27)/t18-/m0/s1. The average molecular weight is 394 g/mol. The van der Waals surface area contributed by atoms with Gasteiger partial charge in [-0.25, -0.2) is 4.68 Å². The van der Waals surface area contributed by atoms with Gasteiger partial charge in [0.15, 0.2) is 5.78 Å². The fourth-order valence-electron chi connectivity index (χ4n) is 3.66. The number of carbonyl (C=O) groups excluding carboxylic acids is 2. The van der Waals surface area contributed by atoms with Crippen molar-refractivity contribution in [1.82, 2.24) is 9.78 Å². The van der Waals surface area contributed by atoms with Gasteiger partial charge in [0.25, 0.3) is 0 Å². The van der Waals surface area contributed by atoms with Crippen molar-refractivity contribution in [2.24, 2.45) is 0 Å². The molecule has 1 amide bonds. The van der Waals surface area contributed by atoms with E-state index in [1.807, 2.05) is 39.0 Å². The van der Waals surface area contributed by atoms with Crippen LogP contribution in [0, 0.1) is 20.8 Å². The number of ketones is 1. The molecular weight excluding hydrogens is 374 g/mol. The van der Waals surface area contributed by atoms with E-state index in [0.29, 0.717) is 16.4 Å². The first-order valence-electron chi connectivity index (χ1n) is 9.12. The van der Waals surface area contributed by atoms with Crippen molar-refractivity contribution in [3.8, 4) is 5.69 Å². The first-order chi connectivity index (χ1) is 13.3. The summed E-state index contributed by atoms with van der Waals surface area (Å²) in [5.41, 5.74) is 5.16. The largest absolute Gasteiger partial charge is 0.310 e. The third-order valence-electron chi connectivity index (χ3n) is 5.26. The van der Waals surface area contributed by atoms with Gasteiger partial charge in [-0.1, -0.05) is 29.8 Å². The van der Waals surface area contributed by atoms with Gasteiger partial charge in [-0.2, -0.15) is 5.10 Å². The second kappa shape index (κ2) is 6.91. The molecule has 0 radical (unpaired) electrons. The zero-order chi connectivity index (χ0) is 20.0. The molecule has 0 spiro atoms. The van der Waals surface area contributed by atoms with Crippen LogP contribution in [-0.2, 0) is 4.79 Å². The van der Waals surface area contributed by atoms with Crippen LogP contribution in [0.4, 0.5) is 5.82 Å². The van der Waals surface area contributed by atoms with Crippen molar-refractivity contribution >= 4 is 29.1 Å². The van der Waals surface area contributed by atoms with Gasteiger partial charge in [-0.15, -0.1) is 0 Å². The lowest BCUT2D eigenvalue weighted by Gasteiger charge is -2.23. The molecule has 1 aliphatic rings. The topological polar surface area (TPSA) is 64.0 Å². The number of anilines is 1. The maximum absolute atomic E-state index is 13.2. The molecule has 3 aromatic rings. The van der Waals surface area contributed by atoms with E-state index in [9.17, 15) is 9.59 Å². The average Bonchev–Trinajstić information content (AvgIpc) is 2.99. The molecule has 1 atom stereocenters. The van der Waals surface area contributed by atoms with Crippen molar-refractivity contribution in [3.05, 3.63) is 75.4 Å². The number of nitrogens with zero attached hydrogens (tertiary/aromatic N) is 2. The van der Waals surface area contributed by atoms with E-state index in [4.69, 9.17) is 11.6 Å². The van der Waals surface area contributed by atoms with Crippen LogP contribution in [0.1, 0.15) is 45.1 Å². The minimum absolute atomic E-state index is 0.0950. The predicted molar refractivity (Wildman–Crippen MR) is 110 cm³/mol. The van der Waals surface area contributed by atoms with Crippen LogP contribution in [0.2, 0.25) is 5.02 Å². The first kappa shape index (κ1) is 18.4. The van der Waals surface area contributed by atoms with Crippen LogP contribution in [0.5, 0.6) is 0 Å². The van der Waals surface area contributed by atoms with Gasteiger partial charge in [0.05, 0.1) is 17.3 Å². The van der Waals surface area contributed by atoms with Crippen molar-refractivity contribution in [1.29, 1.82) is 0 Å². The highest BCUT2D eigenvalue weighted by atomic mass is 35.5. The predicted octanol–water partition coefficient (Wildman–Crippen LogP) is 4.76. The summed E-state index contributed by atoms with van der Waals surface area (Å²) in [4.78, 5) is 25.6. The number of amides is 1. The summed E-state index contributed by atoms with van der Waals surface area (Å²) in [6.07, 6.45) is 0.0950. The fraction of sp³-hybridized carbons (Fsp3) is 0.227. The molecule has 0 fully saturated rings. The summed E-state index contributed by atoms with van der Waals surface area (Å²) in [5, 5.41) is 8.04. The minimum atomic E-state index is -0.581. The molecule has 28 heavy (non-hydrogen) atoms. The highest BCUT2D eigenvalue weighted by Crippen LogP contribution is 2.38. The Bertz CT molecular complexity index is 1120. The summed E-state index contributed by atoms with van der Waals surface area (Å²) >= 11 is 6.05. The fourth-order valence-corrected chi connectivity index (χ4v) is 3.85. The number of aromatic nitrogens is 2. The Kier molecular flexibility index (Phi) is 4.55. The molecule has 1 aromatic heterocycles. The van der Waals surface area contributed by atoms with Gasteiger partial charge in [-0.05, 0) is 56.2 Å². The number of nitrogens with one attached hydrogen (secondary N) is 1. The van der Waals surface area contributed by atoms with Gasteiger partial charge in [0.2, 0.25) is 5.91 Å². The molecule has 0 aliphatic carbocycles. The zero-order valence-electron chi connectivity index (χ0n) is 15.9. The van der Waals surface area contributed by atoms with Crippen LogP contribution in [0.3, 0.4) is 0 Å². The molecule has 2 aromatic carbocycles. The van der Waals surface area contributed by atoms with Gasteiger partial charge < -0.3 is 5.32 Å². The Hall–Kier alpha value is -2.92. The van der Waals surface area contributed by atoms with Gasteiger partial charge in [0, 0.05) is 22.6 Å². The number of benzene rings is 2. The van der Waals surface area contributed by atoms with Crippen molar-refractivity contribution in [2.45, 2.75) is 33.1 Å². The number of halogens is 1. The van der Waals surface area contributed by atoms with Crippen LogP contribution in [0.25, 0.3) is 5.69 Å². The number of Topliss-reactive ketones (excluding diaryl/α,β-unsaturated/α-hetero) is 1. The van der Waals surface area contributed by atoms with Gasteiger partial charge in [0.1, 0.15) is 5.82 Å². The molecule has 0 saturated heterocycles. The van der Waals surface area contributed by atoms with Gasteiger partial charge >= 0.3 is 0 Å². The van der Waals surface area contributed by atoms with E-state index >= 15 is 0 Å². The maximum atomic E-state index is 13.2. The summed E-state index contributed by atoms with van der Waals surface area (Å²) in [6, 6.07) is 12.8. The Morgan fingerprint density at radius 1 is 1.14 bits per heavy atom. The summed E-state index contributed by atoms with van der Waals surface area (Å²) in [7, 11) is 0. The second-order valence-corrected chi connectivity index (χ2v) is 7.64. The highest BCUT2D eigenvalue weighted by Gasteiger charge is 2.36. The van der Waals surface area contributed by atoms with Crippen LogP contribution in [-0.4, -0.2) is 21.5 Å². The van der Waals surface area contributed by atoms with E-state index in [-0.39, 0.29) is 18.1 Å². The lowest BCUT2D eigenvalue weighted by molar-refractivity contribution is -0.116. The zero-order valence-corrected chi connectivity index (χ0v) is 16.7. The number of carbonyl (C=O) groups is 2. The normalized spacial score (nSPS) is 15.9. The van der Waals surface area contributed by atoms with Crippen LogP contribution < -0.4 is 5.32 Å². The molecule has 142 valence electrons. The third-order valence-corrected chi connectivity index (χ3v) is 5.50. The molecule has 0 saturated carbocycles. The van der Waals surface area contributed by atoms with Crippen LogP contribution >= 0.6 is 11.6 Å². The molecule has 4 rings (SSSR count). The Morgan fingerprint density at radius 2 is 1.93 bits per heavy atom. The van der Waals surface area contributed by atoms with Crippen molar-refractivity contribution in [3.63, 3.8) is 0 Å². The number of rotatable bonds is 3. The smallest absolute Gasteiger partial charge is 0.226 e. The molecule has 1 aliphatic heterocycles. The number of hydrogen-bond donors (Lipinski definition) is 1. The van der Waals surface area contributed by atoms with Crippen molar-refractivity contribution < 1.29 is 9.59 Å². The van der Waals surface area contributed by atoms with Crippen LogP contribution in [0.15, 0.2) is 42.5 Å². The summed E-state index contributed by atoms with van der Waals surface area (Å²) < 4.78 is 1.71. The summed E-state index contributed by atoms with van der Waals surface area (Å²) in [6.45, 7) is 5.95. The molecule has 1 N–H and O–H groups in total. The molecule has 0 bridgehead atoms. The van der Waals surface area contributed by atoms with E-state index in [0.717, 1.165) is 22.5 Å². The molecule has 0 unspecified atom stereocenters. The summed E-state index contributed by atoms with van der Waals surface area (Å²) in [5.74, 6) is -0.334. The molecule has 5 nitrogen and oxygen atoms in total. The number of fused-ring (bicyclic) bond motifs is 1. The molecular formula is C22H20ClN3O2. The van der Waals surface area contributed by atoms with E-state index < -0.39 is 5.92 Å². The first-order valence-corrected chi connectivity index (χ1v) is 9.49. The number of hydrogen-bond acceptors (Lipinski definition) is 3. The Labute approximate surface area is 168 Å². The lowest BCUT2D eigenvalue weighted by Crippen LogP contribution is -2.28. The maximum Gasteiger partial charge on any atom is 0.226 e. The van der Waals surface area contributed by atoms with Crippen molar-refractivity contribution in [2.75, 3.05) is 5.32 Å². The third kappa shape index (κ3) is 3.12. The lowest BCUT2D eigenvalue weighted by atomic mass is 9.85. The Morgan fingerprint density at radius 3 is 2.64 bits per heavy atom. The molecule has 2 heterocycles. The van der Waals surface area contributed by atoms with E-state index in [1.165, 1.54) is 5.56 Å². The Balaban J connectivity index is 1.83. The second-order valence-electron chi connectivity index (χ2n) is 7.21. The monoisotopic (exact) mass is 393 g/mol. The van der Waals surface area contributed by atoms with Gasteiger partial charge in [-0.3, -0.25) is 9.59 Å². The molecule has 6 heteroatoms. The highest BCUT2D eigenvalue weighted by molar-refractivity contribution is 6.31.